The Morgan fingerprint density at radius 2 is 1.66 bits per heavy atom. The molecular weight excluding hydrogens is 416 g/mol. The lowest BCUT2D eigenvalue weighted by Gasteiger charge is -2.53. The number of esters is 2. The van der Waals surface area contributed by atoms with Crippen molar-refractivity contribution in [1.29, 1.82) is 0 Å². The zero-order valence-corrected chi connectivity index (χ0v) is 19.6. The van der Waals surface area contributed by atoms with Crippen LogP contribution in [0.1, 0.15) is 60.8 Å². The molecule has 0 amide bonds. The third-order valence-electron chi connectivity index (χ3n) is 7.94. The lowest BCUT2D eigenvalue weighted by molar-refractivity contribution is -0.187. The molecule has 1 unspecified atom stereocenters. The summed E-state index contributed by atoms with van der Waals surface area (Å²) in [6, 6.07) is 0. The summed E-state index contributed by atoms with van der Waals surface area (Å²) in [5.41, 5.74) is -3.28. The van der Waals surface area contributed by atoms with E-state index in [9.17, 15) is 29.7 Å². The Morgan fingerprint density at radius 1 is 1.12 bits per heavy atom. The molecule has 0 bridgehead atoms. The molecule has 0 saturated heterocycles. The number of hydrogen-bond donors (Lipinski definition) is 3. The van der Waals surface area contributed by atoms with Crippen LogP contribution in [0.2, 0.25) is 0 Å². The summed E-state index contributed by atoms with van der Waals surface area (Å²) < 4.78 is 11.5. The Kier molecular flexibility index (Phi) is 5.98. The fourth-order valence-corrected chi connectivity index (χ4v) is 6.40. The van der Waals surface area contributed by atoms with E-state index in [0.717, 1.165) is 0 Å². The minimum Gasteiger partial charge on any atom is -0.461 e. The van der Waals surface area contributed by atoms with Gasteiger partial charge in [-0.2, -0.15) is 0 Å². The molecule has 0 radical (unpaired) electrons. The Labute approximate surface area is 188 Å². The summed E-state index contributed by atoms with van der Waals surface area (Å²) in [6.45, 7) is 12.9. The third-order valence-corrected chi connectivity index (χ3v) is 7.94. The number of Topliss-reactive ketones (excluding diaryl/α,β-unsaturated/α-hetero) is 1. The molecule has 3 rings (SSSR count). The predicted molar refractivity (Wildman–Crippen MR) is 114 cm³/mol. The fourth-order valence-electron chi connectivity index (χ4n) is 6.40. The first-order valence-electron chi connectivity index (χ1n) is 11.0. The second-order valence-corrected chi connectivity index (χ2v) is 10.3. The third kappa shape index (κ3) is 3.35. The lowest BCUT2D eigenvalue weighted by Crippen LogP contribution is -2.59. The van der Waals surface area contributed by atoms with E-state index in [0.29, 0.717) is 18.4 Å². The summed E-state index contributed by atoms with van der Waals surface area (Å²) in [5, 5.41) is 33.8. The molecule has 8 nitrogen and oxygen atoms in total. The van der Waals surface area contributed by atoms with Crippen LogP contribution in [0, 0.1) is 16.7 Å². The first kappa shape index (κ1) is 24.6. The van der Waals surface area contributed by atoms with E-state index in [1.165, 1.54) is 27.7 Å². The Morgan fingerprint density at radius 3 is 2.16 bits per heavy atom. The fraction of sp³-hybridized carbons (Fsp3) is 0.708. The van der Waals surface area contributed by atoms with Crippen LogP contribution in [0.15, 0.2) is 23.3 Å². The van der Waals surface area contributed by atoms with Gasteiger partial charge in [0.2, 0.25) is 0 Å². The molecule has 0 aliphatic heterocycles. The van der Waals surface area contributed by atoms with Crippen LogP contribution in [0.3, 0.4) is 0 Å². The summed E-state index contributed by atoms with van der Waals surface area (Å²) in [5.74, 6) is -2.35. The monoisotopic (exact) mass is 450 g/mol. The number of hydrogen-bond acceptors (Lipinski definition) is 8. The molecular formula is C24H34O8. The van der Waals surface area contributed by atoms with E-state index < -0.39 is 58.7 Å². The first-order valence-corrected chi connectivity index (χ1v) is 11.0. The first-order chi connectivity index (χ1) is 14.6. The normalized spacial score (nSPS) is 39.8. The van der Waals surface area contributed by atoms with E-state index in [1.807, 2.05) is 0 Å². The Bertz CT molecular complexity index is 896. The van der Waals surface area contributed by atoms with Crippen LogP contribution in [0.25, 0.3) is 0 Å². The highest BCUT2D eigenvalue weighted by Crippen LogP contribution is 2.64. The minimum absolute atomic E-state index is 0.199. The maximum Gasteiger partial charge on any atom is 0.303 e. The Balaban J connectivity index is 2.44. The van der Waals surface area contributed by atoms with Crippen LogP contribution in [0.4, 0.5) is 0 Å². The molecule has 32 heavy (non-hydrogen) atoms. The van der Waals surface area contributed by atoms with Crippen molar-refractivity contribution in [2.24, 2.45) is 16.7 Å². The van der Waals surface area contributed by atoms with Crippen molar-refractivity contribution in [3.8, 4) is 0 Å². The highest BCUT2D eigenvalue weighted by Gasteiger charge is 2.70. The van der Waals surface area contributed by atoms with E-state index in [-0.39, 0.29) is 23.4 Å². The van der Waals surface area contributed by atoms with Gasteiger partial charge in [-0.15, -0.1) is 0 Å². The van der Waals surface area contributed by atoms with Crippen LogP contribution < -0.4 is 0 Å². The van der Waals surface area contributed by atoms with Gasteiger partial charge < -0.3 is 24.8 Å². The zero-order valence-electron chi connectivity index (χ0n) is 19.6. The van der Waals surface area contributed by atoms with Crippen molar-refractivity contribution in [3.05, 3.63) is 23.3 Å². The average molecular weight is 451 g/mol. The lowest BCUT2D eigenvalue weighted by atomic mass is 9.55. The molecule has 0 spiro atoms. The second-order valence-electron chi connectivity index (χ2n) is 10.3. The molecule has 0 aromatic heterocycles. The highest BCUT2D eigenvalue weighted by molar-refractivity contribution is 6.00. The summed E-state index contributed by atoms with van der Waals surface area (Å²) >= 11 is 0. The number of allylic oxidation sites excluding steroid dienone is 1. The van der Waals surface area contributed by atoms with Gasteiger partial charge in [0.25, 0.3) is 0 Å². The maximum atomic E-state index is 13.0. The average Bonchev–Trinajstić information content (AvgIpc) is 2.90. The van der Waals surface area contributed by atoms with Crippen LogP contribution in [-0.4, -0.2) is 63.1 Å². The molecule has 2 fully saturated rings. The van der Waals surface area contributed by atoms with Crippen molar-refractivity contribution in [2.75, 3.05) is 0 Å². The standard InChI is InChI=1S/C24H34O8/c1-11-15(27)8-9-23(7)18(11)20(31-13(3)25)24(22(5,6)30)10-16(28)12(2)17(24)19(29)21(23)32-14(4)26/h15,18-21,27,29-30H,1,8-10H2,2-7H3/t15-,18-,19+,20-,21-,23+,24?/m0/s1. The van der Waals surface area contributed by atoms with Crippen LogP contribution in [-0.2, 0) is 23.9 Å². The number of fused-ring (bicyclic) bond motifs is 2. The zero-order chi connectivity index (χ0) is 24.4. The van der Waals surface area contributed by atoms with E-state index in [2.05, 4.69) is 6.58 Å². The predicted octanol–water partition coefficient (Wildman–Crippen LogP) is 1.60. The van der Waals surface area contributed by atoms with Crippen LogP contribution in [0.5, 0.6) is 0 Å². The van der Waals surface area contributed by atoms with Gasteiger partial charge in [-0.05, 0) is 50.3 Å². The van der Waals surface area contributed by atoms with Crippen molar-refractivity contribution < 1.29 is 39.2 Å². The molecule has 178 valence electrons. The molecule has 8 heteroatoms. The van der Waals surface area contributed by atoms with E-state index >= 15 is 0 Å². The largest absolute Gasteiger partial charge is 0.461 e. The highest BCUT2D eigenvalue weighted by atomic mass is 16.6. The van der Waals surface area contributed by atoms with Gasteiger partial charge in [0.1, 0.15) is 18.3 Å². The Hall–Kier alpha value is -2.03. The number of rotatable bonds is 3. The minimum atomic E-state index is -1.62. The molecule has 2 saturated carbocycles. The number of ether oxygens (including phenoxy) is 2. The molecule has 7 atom stereocenters. The van der Waals surface area contributed by atoms with Gasteiger partial charge >= 0.3 is 11.9 Å². The van der Waals surface area contributed by atoms with Crippen LogP contribution >= 0.6 is 0 Å². The van der Waals surface area contributed by atoms with Gasteiger partial charge in [-0.3, -0.25) is 14.4 Å². The molecule has 0 aromatic carbocycles. The summed E-state index contributed by atoms with van der Waals surface area (Å²) in [7, 11) is 0. The SMILES string of the molecule is C=C1[C@@H](O)CC[C@@]2(C)[C@@H](OC(C)=O)[C@H](O)C3=C(C)C(=O)CC3(C(C)(C)O)[C@@H](OC(C)=O)[C@H]12. The molecule has 0 heterocycles. The van der Waals surface area contributed by atoms with E-state index in [1.54, 1.807) is 13.8 Å². The van der Waals surface area contributed by atoms with Gasteiger partial charge in [0.15, 0.2) is 5.78 Å². The molecule has 3 N–H and O–H groups in total. The van der Waals surface area contributed by atoms with Crippen molar-refractivity contribution in [3.63, 3.8) is 0 Å². The topological polar surface area (TPSA) is 130 Å². The van der Waals surface area contributed by atoms with Gasteiger partial charge in [-0.1, -0.05) is 13.5 Å². The molecule has 3 aliphatic carbocycles. The summed E-state index contributed by atoms with van der Waals surface area (Å²) in [4.78, 5) is 37.4. The van der Waals surface area contributed by atoms with Crippen molar-refractivity contribution >= 4 is 17.7 Å². The second kappa shape index (κ2) is 7.78. The summed E-state index contributed by atoms with van der Waals surface area (Å²) in [6.07, 6.45) is -4.11. The number of carbonyl (C=O) groups excluding carboxylic acids is 3. The maximum absolute atomic E-state index is 13.0. The number of ketones is 1. The van der Waals surface area contributed by atoms with Crippen molar-refractivity contribution in [1.82, 2.24) is 0 Å². The molecule has 0 aromatic rings. The number of carbonyl (C=O) groups is 3. The van der Waals surface area contributed by atoms with E-state index in [4.69, 9.17) is 9.47 Å². The smallest absolute Gasteiger partial charge is 0.303 e. The number of aliphatic hydroxyl groups excluding tert-OH is 2. The quantitative estimate of drug-likeness (QED) is 0.437. The van der Waals surface area contributed by atoms with Gasteiger partial charge in [0, 0.05) is 31.6 Å². The number of aliphatic hydroxyl groups is 3. The van der Waals surface area contributed by atoms with Crippen molar-refractivity contribution in [2.45, 2.75) is 90.8 Å². The van der Waals surface area contributed by atoms with Gasteiger partial charge in [0.05, 0.1) is 17.1 Å². The van der Waals surface area contributed by atoms with Gasteiger partial charge in [-0.25, -0.2) is 0 Å². The molecule has 3 aliphatic rings.